The van der Waals surface area contributed by atoms with Crippen LogP contribution in [-0.4, -0.2) is 24.0 Å². The highest BCUT2D eigenvalue weighted by Crippen LogP contribution is 2.32. The highest BCUT2D eigenvalue weighted by molar-refractivity contribution is 5.91. The summed E-state index contributed by atoms with van der Waals surface area (Å²) >= 11 is 0. The highest BCUT2D eigenvalue weighted by atomic mass is 19.4. The second-order valence-corrected chi connectivity index (χ2v) is 5.15. The number of carbonyl (C=O) groups is 1. The second-order valence-electron chi connectivity index (χ2n) is 5.15. The molecule has 1 rings (SSSR count). The Morgan fingerprint density at radius 3 is 2.65 bits per heavy atom. The summed E-state index contributed by atoms with van der Waals surface area (Å²) in [6.07, 6.45) is -3.61. The van der Waals surface area contributed by atoms with E-state index in [9.17, 15) is 23.1 Å². The molecular formula is C17H20F3N3O3. The van der Waals surface area contributed by atoms with E-state index in [-0.39, 0.29) is 35.9 Å². The lowest BCUT2D eigenvalue weighted by atomic mass is 10.1. The smallest absolute Gasteiger partial charge is 0.416 e. The number of rotatable bonds is 7. The van der Waals surface area contributed by atoms with Gasteiger partial charge >= 0.3 is 12.1 Å². The van der Waals surface area contributed by atoms with Gasteiger partial charge in [-0.15, -0.1) is 0 Å². The van der Waals surface area contributed by atoms with Crippen LogP contribution in [0.5, 0.6) is 5.75 Å². The molecule has 0 saturated carbocycles. The van der Waals surface area contributed by atoms with Gasteiger partial charge in [0.25, 0.3) is 0 Å². The molecule has 0 aliphatic heterocycles. The summed E-state index contributed by atoms with van der Waals surface area (Å²) in [5.41, 5.74) is 4.80. The van der Waals surface area contributed by atoms with Gasteiger partial charge in [0.1, 0.15) is 5.75 Å². The molecule has 142 valence electrons. The molecular weight excluding hydrogens is 351 g/mol. The van der Waals surface area contributed by atoms with E-state index < -0.39 is 17.7 Å². The van der Waals surface area contributed by atoms with Crippen molar-refractivity contribution in [2.24, 2.45) is 10.7 Å². The van der Waals surface area contributed by atoms with E-state index in [1.165, 1.54) is 6.92 Å². The summed E-state index contributed by atoms with van der Waals surface area (Å²) < 4.78 is 43.2. The zero-order chi connectivity index (χ0) is 19.9. The van der Waals surface area contributed by atoms with Gasteiger partial charge in [-0.2, -0.15) is 13.2 Å². The molecule has 9 heteroatoms. The maximum Gasteiger partial charge on any atom is 0.416 e. The van der Waals surface area contributed by atoms with Crippen LogP contribution >= 0.6 is 0 Å². The predicted octanol–water partition coefficient (Wildman–Crippen LogP) is 2.84. The molecule has 0 aromatic heterocycles. The Morgan fingerprint density at radius 2 is 2.12 bits per heavy atom. The Labute approximate surface area is 148 Å². The third-order valence-corrected chi connectivity index (χ3v) is 3.38. The van der Waals surface area contributed by atoms with Crippen LogP contribution in [0.4, 0.5) is 13.2 Å². The molecule has 4 N–H and O–H groups in total. The largest absolute Gasteiger partial charge is 0.508 e. The Morgan fingerprint density at radius 1 is 1.46 bits per heavy atom. The van der Waals surface area contributed by atoms with E-state index in [1.54, 1.807) is 6.92 Å². The first-order valence-electron chi connectivity index (χ1n) is 7.56. The minimum Gasteiger partial charge on any atom is -0.508 e. The molecule has 0 saturated heterocycles. The SMILES string of the molecule is C=C(NCc1cc(C(F)(F)F)ccc1O)/C(C)=C(\N=C/N)C(=O)OCC. The summed E-state index contributed by atoms with van der Waals surface area (Å²) in [6, 6.07) is 2.58. The number of benzene rings is 1. The highest BCUT2D eigenvalue weighted by Gasteiger charge is 2.31. The van der Waals surface area contributed by atoms with Crippen molar-refractivity contribution in [2.45, 2.75) is 26.6 Å². The second kappa shape index (κ2) is 8.93. The molecule has 0 fully saturated rings. The van der Waals surface area contributed by atoms with Crippen LogP contribution < -0.4 is 11.1 Å². The molecule has 0 heterocycles. The Hall–Kier alpha value is -2.97. The van der Waals surface area contributed by atoms with Gasteiger partial charge in [-0.1, -0.05) is 6.58 Å². The van der Waals surface area contributed by atoms with Gasteiger partial charge < -0.3 is 20.9 Å². The number of hydrogen-bond acceptors (Lipinski definition) is 5. The predicted molar refractivity (Wildman–Crippen MR) is 91.1 cm³/mol. The fourth-order valence-electron chi connectivity index (χ4n) is 1.96. The molecule has 0 bridgehead atoms. The molecule has 0 atom stereocenters. The molecule has 6 nitrogen and oxygen atoms in total. The zero-order valence-electron chi connectivity index (χ0n) is 14.4. The van der Waals surface area contributed by atoms with Crippen molar-refractivity contribution in [1.82, 2.24) is 5.32 Å². The topological polar surface area (TPSA) is 96.9 Å². The number of carbonyl (C=O) groups excluding carboxylic acids is 1. The maximum atomic E-state index is 12.8. The number of halogens is 3. The third kappa shape index (κ3) is 5.54. The number of nitrogens with zero attached hydrogens (tertiary/aromatic N) is 1. The Kier molecular flexibility index (Phi) is 7.24. The average Bonchev–Trinajstić information content (AvgIpc) is 2.57. The van der Waals surface area contributed by atoms with Gasteiger partial charge in [-0.05, 0) is 32.0 Å². The van der Waals surface area contributed by atoms with Crippen molar-refractivity contribution in [1.29, 1.82) is 0 Å². The number of hydrogen-bond donors (Lipinski definition) is 3. The van der Waals surface area contributed by atoms with Crippen molar-refractivity contribution in [3.63, 3.8) is 0 Å². The van der Waals surface area contributed by atoms with Crippen LogP contribution in [0.1, 0.15) is 25.0 Å². The molecule has 1 aromatic carbocycles. The maximum absolute atomic E-state index is 12.8. The molecule has 0 unspecified atom stereocenters. The number of ether oxygens (including phenoxy) is 1. The first-order chi connectivity index (χ1) is 12.1. The number of nitrogens with two attached hydrogens (primary N) is 1. The summed E-state index contributed by atoms with van der Waals surface area (Å²) in [4.78, 5) is 15.6. The summed E-state index contributed by atoms with van der Waals surface area (Å²) in [7, 11) is 0. The van der Waals surface area contributed by atoms with Gasteiger partial charge in [0.05, 0.1) is 18.5 Å². The molecule has 26 heavy (non-hydrogen) atoms. The molecule has 1 aromatic rings. The summed E-state index contributed by atoms with van der Waals surface area (Å²) in [5.74, 6) is -1.01. The fraction of sp³-hybridized carbons (Fsp3) is 0.294. The van der Waals surface area contributed by atoms with Crippen LogP contribution in [0.25, 0.3) is 0 Å². The van der Waals surface area contributed by atoms with E-state index in [1.807, 2.05) is 0 Å². The van der Waals surface area contributed by atoms with E-state index >= 15 is 0 Å². The fourth-order valence-corrected chi connectivity index (χ4v) is 1.96. The first kappa shape index (κ1) is 21.1. The molecule has 0 aliphatic rings. The lowest BCUT2D eigenvalue weighted by Gasteiger charge is -2.15. The van der Waals surface area contributed by atoms with Crippen molar-refractivity contribution in [2.75, 3.05) is 6.61 Å². The van der Waals surface area contributed by atoms with Gasteiger partial charge in [-0.25, -0.2) is 9.79 Å². The lowest BCUT2D eigenvalue weighted by Crippen LogP contribution is -2.17. The standard InChI is InChI=1S/C17H20F3N3O3/c1-4-26-16(25)15(23-9-21)10(2)11(3)22-8-12-7-13(17(18,19)20)5-6-14(12)24/h5-7,9,22,24H,3-4,8H2,1-2H3,(H2,21,23)/b15-10-. The van der Waals surface area contributed by atoms with E-state index in [2.05, 4.69) is 16.9 Å². The Bertz CT molecular complexity index is 741. The van der Waals surface area contributed by atoms with Crippen molar-refractivity contribution >= 4 is 12.3 Å². The van der Waals surface area contributed by atoms with Gasteiger partial charge in [-0.3, -0.25) is 0 Å². The molecule has 0 radical (unpaired) electrons. The van der Waals surface area contributed by atoms with Crippen molar-refractivity contribution < 1.29 is 27.8 Å². The zero-order valence-corrected chi connectivity index (χ0v) is 14.4. The minimum atomic E-state index is -4.53. The van der Waals surface area contributed by atoms with Crippen LogP contribution in [0.3, 0.4) is 0 Å². The van der Waals surface area contributed by atoms with Crippen LogP contribution in [0, 0.1) is 0 Å². The van der Waals surface area contributed by atoms with Gasteiger partial charge in [0, 0.05) is 23.4 Å². The monoisotopic (exact) mass is 371 g/mol. The number of nitrogens with one attached hydrogen (secondary N) is 1. The van der Waals surface area contributed by atoms with Crippen LogP contribution in [0.2, 0.25) is 0 Å². The number of alkyl halides is 3. The number of allylic oxidation sites excluding steroid dienone is 1. The molecule has 0 spiro atoms. The molecule has 0 aliphatic carbocycles. The van der Waals surface area contributed by atoms with E-state index in [0.29, 0.717) is 5.57 Å². The third-order valence-electron chi connectivity index (χ3n) is 3.38. The normalized spacial score (nSPS) is 12.7. The minimum absolute atomic E-state index is 0.0220. The van der Waals surface area contributed by atoms with Crippen LogP contribution in [-0.2, 0) is 22.3 Å². The quantitative estimate of drug-likeness (QED) is 0.225. The van der Waals surface area contributed by atoms with Crippen molar-refractivity contribution in [3.8, 4) is 5.75 Å². The number of phenols is 1. The first-order valence-corrected chi connectivity index (χ1v) is 7.56. The number of aromatic hydroxyl groups is 1. The summed E-state index contributed by atoms with van der Waals surface area (Å²) in [5, 5.41) is 12.5. The molecule has 0 amide bonds. The number of esters is 1. The van der Waals surface area contributed by atoms with E-state index in [0.717, 1.165) is 24.5 Å². The van der Waals surface area contributed by atoms with Crippen molar-refractivity contribution in [3.05, 3.63) is 52.9 Å². The van der Waals surface area contributed by atoms with Gasteiger partial charge in [0.15, 0.2) is 5.70 Å². The lowest BCUT2D eigenvalue weighted by molar-refractivity contribution is -0.139. The van der Waals surface area contributed by atoms with Gasteiger partial charge in [0.2, 0.25) is 0 Å². The number of aliphatic imine (C=N–C) groups is 1. The summed E-state index contributed by atoms with van der Waals surface area (Å²) in [6.45, 7) is 6.86. The Balaban J connectivity index is 3.00. The number of phenolic OH excluding ortho intramolecular Hbond substituents is 1. The van der Waals surface area contributed by atoms with Crippen LogP contribution in [0.15, 0.2) is 46.7 Å². The average molecular weight is 371 g/mol. The van der Waals surface area contributed by atoms with E-state index in [4.69, 9.17) is 10.5 Å².